The predicted octanol–water partition coefficient (Wildman–Crippen LogP) is 3.80. The maximum Gasteiger partial charge on any atom is 0.341 e. The van der Waals surface area contributed by atoms with E-state index >= 15 is 0 Å². The summed E-state index contributed by atoms with van der Waals surface area (Å²) in [5, 5.41) is 4.27. The number of aromatic nitrogens is 1. The van der Waals surface area contributed by atoms with Crippen LogP contribution in [0.15, 0.2) is 24.4 Å². The molecular weight excluding hydrogens is 264 g/mol. The molecule has 0 saturated carbocycles. The molecule has 0 saturated heterocycles. The average molecular weight is 286 g/mol. The Morgan fingerprint density at radius 3 is 2.76 bits per heavy atom. The van der Waals surface area contributed by atoms with Crippen molar-refractivity contribution < 1.29 is 9.53 Å². The van der Waals surface area contributed by atoms with Crippen molar-refractivity contribution in [3.05, 3.63) is 35.5 Å². The van der Waals surface area contributed by atoms with Gasteiger partial charge in [0.2, 0.25) is 0 Å². The van der Waals surface area contributed by atoms with E-state index in [-0.39, 0.29) is 5.97 Å². The summed E-state index contributed by atoms with van der Waals surface area (Å²) in [5.74, 6) is -0.330. The SMILES string of the molecule is CCCc1cccc2c(NCC)c(C(=O)OCC)cnc12. The molecular formula is C17H22N2O2. The second-order valence-electron chi connectivity index (χ2n) is 4.86. The standard InChI is InChI=1S/C17H22N2O2/c1-4-8-12-9-7-10-13-15(12)19-11-14(16(13)18-5-2)17(20)21-6-3/h7,9-11H,4-6,8H2,1-3H3,(H,18,19). The number of fused-ring (bicyclic) bond motifs is 1. The van der Waals surface area contributed by atoms with Gasteiger partial charge in [-0.05, 0) is 25.8 Å². The molecule has 4 heteroatoms. The van der Waals surface area contributed by atoms with Gasteiger partial charge in [0, 0.05) is 18.1 Å². The monoisotopic (exact) mass is 286 g/mol. The minimum absolute atomic E-state index is 0.330. The second-order valence-corrected chi connectivity index (χ2v) is 4.86. The molecule has 1 heterocycles. The molecule has 1 N–H and O–H groups in total. The number of carbonyl (C=O) groups is 1. The van der Waals surface area contributed by atoms with E-state index in [1.54, 1.807) is 13.1 Å². The van der Waals surface area contributed by atoms with Gasteiger partial charge in [0.15, 0.2) is 0 Å². The highest BCUT2D eigenvalue weighted by molar-refractivity contribution is 6.05. The van der Waals surface area contributed by atoms with Gasteiger partial charge in [0.05, 0.1) is 17.8 Å². The van der Waals surface area contributed by atoms with Gasteiger partial charge in [-0.3, -0.25) is 4.98 Å². The molecule has 2 rings (SSSR count). The van der Waals surface area contributed by atoms with Crippen LogP contribution >= 0.6 is 0 Å². The molecule has 0 aliphatic heterocycles. The van der Waals surface area contributed by atoms with Gasteiger partial charge in [-0.2, -0.15) is 0 Å². The highest BCUT2D eigenvalue weighted by Gasteiger charge is 2.17. The maximum atomic E-state index is 12.1. The fourth-order valence-corrected chi connectivity index (χ4v) is 2.49. The third-order valence-corrected chi connectivity index (χ3v) is 3.35. The number of esters is 1. The average Bonchev–Trinajstić information content (AvgIpc) is 2.49. The summed E-state index contributed by atoms with van der Waals surface area (Å²) in [5.41, 5.74) is 3.49. The van der Waals surface area contributed by atoms with Crippen LogP contribution in [0, 0.1) is 0 Å². The molecule has 0 radical (unpaired) electrons. The van der Waals surface area contributed by atoms with Crippen LogP contribution in [0.25, 0.3) is 10.9 Å². The summed E-state index contributed by atoms with van der Waals surface area (Å²) in [6.45, 7) is 7.06. The van der Waals surface area contributed by atoms with Crippen LogP contribution in [0.1, 0.15) is 43.1 Å². The third kappa shape index (κ3) is 3.15. The van der Waals surface area contributed by atoms with Crippen LogP contribution < -0.4 is 5.32 Å². The molecule has 1 aromatic heterocycles. The van der Waals surface area contributed by atoms with Crippen molar-refractivity contribution in [1.82, 2.24) is 4.98 Å². The number of hydrogen-bond acceptors (Lipinski definition) is 4. The van der Waals surface area contributed by atoms with E-state index in [1.807, 2.05) is 19.1 Å². The highest BCUT2D eigenvalue weighted by Crippen LogP contribution is 2.29. The number of carbonyl (C=O) groups excluding carboxylic acids is 1. The number of anilines is 1. The minimum atomic E-state index is -0.330. The molecule has 4 nitrogen and oxygen atoms in total. The lowest BCUT2D eigenvalue weighted by molar-refractivity contribution is 0.0527. The maximum absolute atomic E-state index is 12.1. The topological polar surface area (TPSA) is 51.2 Å². The lowest BCUT2D eigenvalue weighted by Crippen LogP contribution is -2.11. The van der Waals surface area contributed by atoms with Crippen LogP contribution in [0.2, 0.25) is 0 Å². The van der Waals surface area contributed by atoms with Crippen molar-refractivity contribution in [1.29, 1.82) is 0 Å². The molecule has 0 unspecified atom stereocenters. The van der Waals surface area contributed by atoms with Crippen LogP contribution in [0.3, 0.4) is 0 Å². The van der Waals surface area contributed by atoms with Crippen molar-refractivity contribution in [2.75, 3.05) is 18.5 Å². The smallest absolute Gasteiger partial charge is 0.341 e. The van der Waals surface area contributed by atoms with Gasteiger partial charge in [-0.15, -0.1) is 0 Å². The first-order chi connectivity index (χ1) is 10.2. The van der Waals surface area contributed by atoms with E-state index in [1.165, 1.54) is 5.56 Å². The molecule has 112 valence electrons. The Morgan fingerprint density at radius 1 is 1.29 bits per heavy atom. The molecule has 0 amide bonds. The van der Waals surface area contributed by atoms with Crippen molar-refractivity contribution in [3.8, 4) is 0 Å². The summed E-state index contributed by atoms with van der Waals surface area (Å²) < 4.78 is 5.12. The Morgan fingerprint density at radius 2 is 2.10 bits per heavy atom. The second kappa shape index (κ2) is 7.07. The molecule has 0 spiro atoms. The van der Waals surface area contributed by atoms with Crippen molar-refractivity contribution >= 4 is 22.6 Å². The van der Waals surface area contributed by atoms with Gasteiger partial charge < -0.3 is 10.1 Å². The Bertz CT molecular complexity index is 638. The molecule has 1 aromatic carbocycles. The quantitative estimate of drug-likeness (QED) is 0.821. The largest absolute Gasteiger partial charge is 0.462 e. The summed E-state index contributed by atoms with van der Waals surface area (Å²) in [6.07, 6.45) is 3.67. The lowest BCUT2D eigenvalue weighted by atomic mass is 10.0. The van der Waals surface area contributed by atoms with Crippen LogP contribution in [-0.4, -0.2) is 24.1 Å². The summed E-state index contributed by atoms with van der Waals surface area (Å²) >= 11 is 0. The number of aryl methyl sites for hydroxylation is 1. The number of rotatable bonds is 6. The van der Waals surface area contributed by atoms with Crippen molar-refractivity contribution in [3.63, 3.8) is 0 Å². The van der Waals surface area contributed by atoms with E-state index < -0.39 is 0 Å². The fraction of sp³-hybridized carbons (Fsp3) is 0.412. The first-order valence-corrected chi connectivity index (χ1v) is 7.54. The lowest BCUT2D eigenvalue weighted by Gasteiger charge is -2.14. The van der Waals surface area contributed by atoms with E-state index in [4.69, 9.17) is 4.74 Å². The van der Waals surface area contributed by atoms with Gasteiger partial charge in [-0.25, -0.2) is 4.79 Å². The number of benzene rings is 1. The van der Waals surface area contributed by atoms with Crippen LogP contribution in [0.4, 0.5) is 5.69 Å². The van der Waals surface area contributed by atoms with E-state index in [0.29, 0.717) is 12.2 Å². The van der Waals surface area contributed by atoms with Crippen molar-refractivity contribution in [2.45, 2.75) is 33.6 Å². The summed E-state index contributed by atoms with van der Waals surface area (Å²) in [7, 11) is 0. The molecule has 2 aromatic rings. The van der Waals surface area contributed by atoms with Gasteiger partial charge in [-0.1, -0.05) is 31.5 Å². The zero-order valence-electron chi connectivity index (χ0n) is 12.9. The molecule has 0 atom stereocenters. The Kier molecular flexibility index (Phi) is 5.14. The van der Waals surface area contributed by atoms with Gasteiger partial charge in [0.1, 0.15) is 5.56 Å². The highest BCUT2D eigenvalue weighted by atomic mass is 16.5. The molecule has 0 aliphatic carbocycles. The van der Waals surface area contributed by atoms with Crippen LogP contribution in [0.5, 0.6) is 0 Å². The molecule has 21 heavy (non-hydrogen) atoms. The number of nitrogens with one attached hydrogen (secondary N) is 1. The number of hydrogen-bond donors (Lipinski definition) is 1. The minimum Gasteiger partial charge on any atom is -0.462 e. The number of para-hydroxylation sites is 1. The van der Waals surface area contributed by atoms with Gasteiger partial charge in [0.25, 0.3) is 0 Å². The van der Waals surface area contributed by atoms with E-state index in [0.717, 1.165) is 36.0 Å². The molecule has 0 aliphatic rings. The zero-order chi connectivity index (χ0) is 15.2. The number of ether oxygens (including phenoxy) is 1. The predicted molar refractivity (Wildman–Crippen MR) is 85.9 cm³/mol. The molecule has 0 fully saturated rings. The Balaban J connectivity index is 2.62. The Hall–Kier alpha value is -2.10. The zero-order valence-corrected chi connectivity index (χ0v) is 12.9. The first kappa shape index (κ1) is 15.3. The fourth-order valence-electron chi connectivity index (χ4n) is 2.49. The van der Waals surface area contributed by atoms with Crippen LogP contribution in [-0.2, 0) is 11.2 Å². The normalized spacial score (nSPS) is 10.6. The first-order valence-electron chi connectivity index (χ1n) is 7.54. The number of nitrogens with zero attached hydrogens (tertiary/aromatic N) is 1. The molecule has 0 bridgehead atoms. The van der Waals surface area contributed by atoms with Crippen molar-refractivity contribution in [2.24, 2.45) is 0 Å². The van der Waals surface area contributed by atoms with E-state index in [9.17, 15) is 4.79 Å². The summed E-state index contributed by atoms with van der Waals surface area (Å²) in [6, 6.07) is 6.12. The third-order valence-electron chi connectivity index (χ3n) is 3.35. The summed E-state index contributed by atoms with van der Waals surface area (Å²) in [4.78, 5) is 16.6. The van der Waals surface area contributed by atoms with E-state index in [2.05, 4.69) is 23.3 Å². The number of pyridine rings is 1. The van der Waals surface area contributed by atoms with Gasteiger partial charge >= 0.3 is 5.97 Å². The Labute approximate surface area is 125 Å².